The molecule has 0 aliphatic rings. The quantitative estimate of drug-likeness (QED) is 0.210. The van der Waals surface area contributed by atoms with Crippen LogP contribution in [0.2, 0.25) is 0 Å². The van der Waals surface area contributed by atoms with Gasteiger partial charge >= 0.3 is 0 Å². The van der Waals surface area contributed by atoms with E-state index in [9.17, 15) is 4.39 Å². The number of ether oxygens (including phenoxy) is 1. The van der Waals surface area contributed by atoms with Gasteiger partial charge in [0.1, 0.15) is 11.9 Å². The van der Waals surface area contributed by atoms with Gasteiger partial charge in [-0.2, -0.15) is 0 Å². The Hall–Kier alpha value is -1.97. The number of aryl methyl sites for hydroxylation is 1. The van der Waals surface area contributed by atoms with Crippen molar-refractivity contribution in [1.29, 1.82) is 0 Å². The van der Waals surface area contributed by atoms with Gasteiger partial charge in [-0.1, -0.05) is 72.1 Å². The van der Waals surface area contributed by atoms with Crippen molar-refractivity contribution in [2.45, 2.75) is 110 Å². The molecule has 1 aromatic heterocycles. The maximum absolute atomic E-state index is 14.1. The average Bonchev–Trinajstić information content (AvgIpc) is 2.83. The molecule has 0 N–H and O–H groups in total. The lowest BCUT2D eigenvalue weighted by Gasteiger charge is -2.13. The van der Waals surface area contributed by atoms with Gasteiger partial charge in [-0.3, -0.25) is 0 Å². The number of aromatic nitrogens is 2. The highest BCUT2D eigenvalue weighted by Gasteiger charge is 2.10. The third-order valence-corrected chi connectivity index (χ3v) is 6.34. The van der Waals surface area contributed by atoms with Gasteiger partial charge in [0, 0.05) is 24.4 Å². The number of hydrogen-bond donors (Lipinski definition) is 0. The lowest BCUT2D eigenvalue weighted by Crippen LogP contribution is -2.09. The summed E-state index contributed by atoms with van der Waals surface area (Å²) in [5.74, 6) is 2.11. The fraction of sp³-hybridized carbons (Fsp3) is 0.655. The monoisotopic (exact) mass is 456 g/mol. The third-order valence-electron chi connectivity index (χ3n) is 6.34. The van der Waals surface area contributed by atoms with Crippen LogP contribution in [0, 0.1) is 5.92 Å². The minimum Gasteiger partial charge on any atom is -0.493 e. The number of hydrogen-bond acceptors (Lipinski definition) is 3. The predicted octanol–water partition coefficient (Wildman–Crippen LogP) is 8.76. The van der Waals surface area contributed by atoms with E-state index in [0.717, 1.165) is 30.0 Å². The van der Waals surface area contributed by atoms with Gasteiger partial charge in [-0.15, -0.1) is 0 Å². The molecule has 0 aliphatic heterocycles. The molecule has 184 valence electrons. The molecule has 0 spiro atoms. The summed E-state index contributed by atoms with van der Waals surface area (Å²) in [6, 6.07) is 7.78. The van der Waals surface area contributed by atoms with E-state index in [0.29, 0.717) is 25.4 Å². The second kappa shape index (κ2) is 16.6. The molecule has 2 rings (SSSR count). The van der Waals surface area contributed by atoms with Crippen molar-refractivity contribution in [3.05, 3.63) is 42.2 Å². The minimum atomic E-state index is -0.781. The molecule has 2 unspecified atom stereocenters. The maximum Gasteiger partial charge on any atom is 0.159 e. The van der Waals surface area contributed by atoms with Gasteiger partial charge < -0.3 is 4.74 Å². The molecular weight excluding hydrogens is 411 g/mol. The van der Waals surface area contributed by atoms with Crippen molar-refractivity contribution >= 4 is 0 Å². The Morgan fingerprint density at radius 2 is 1.45 bits per heavy atom. The van der Waals surface area contributed by atoms with E-state index in [-0.39, 0.29) is 0 Å². The summed E-state index contributed by atoms with van der Waals surface area (Å²) >= 11 is 0. The summed E-state index contributed by atoms with van der Waals surface area (Å²) in [7, 11) is 0. The van der Waals surface area contributed by atoms with Crippen molar-refractivity contribution in [3.63, 3.8) is 0 Å². The van der Waals surface area contributed by atoms with Gasteiger partial charge in [0.15, 0.2) is 5.82 Å². The molecule has 4 heteroatoms. The lowest BCUT2D eigenvalue weighted by molar-refractivity contribution is 0.216. The second-order valence-corrected chi connectivity index (χ2v) is 9.52. The molecule has 33 heavy (non-hydrogen) atoms. The normalized spacial score (nSPS) is 13.1. The van der Waals surface area contributed by atoms with Crippen LogP contribution < -0.4 is 4.74 Å². The van der Waals surface area contributed by atoms with Gasteiger partial charge in [0.05, 0.1) is 6.61 Å². The second-order valence-electron chi connectivity index (χ2n) is 9.52. The Morgan fingerprint density at radius 3 is 2.12 bits per heavy atom. The molecule has 3 nitrogen and oxygen atoms in total. The predicted molar refractivity (Wildman–Crippen MR) is 137 cm³/mol. The summed E-state index contributed by atoms with van der Waals surface area (Å²) in [6.45, 7) is 7.06. The van der Waals surface area contributed by atoms with Crippen molar-refractivity contribution < 1.29 is 9.13 Å². The molecule has 0 saturated carbocycles. The number of rotatable bonds is 18. The lowest BCUT2D eigenvalue weighted by atomic mass is 9.98. The molecule has 0 radical (unpaired) electrons. The highest BCUT2D eigenvalue weighted by atomic mass is 19.1. The van der Waals surface area contributed by atoms with Crippen molar-refractivity contribution in [2.75, 3.05) is 6.61 Å². The van der Waals surface area contributed by atoms with Crippen LogP contribution in [0.5, 0.6) is 5.75 Å². The van der Waals surface area contributed by atoms with Crippen LogP contribution in [0.3, 0.4) is 0 Å². The zero-order chi connectivity index (χ0) is 23.7. The molecule has 0 aliphatic carbocycles. The fourth-order valence-corrected chi connectivity index (χ4v) is 4.17. The number of halogens is 1. The first-order valence-electron chi connectivity index (χ1n) is 13.3. The third kappa shape index (κ3) is 11.6. The zero-order valence-corrected chi connectivity index (χ0v) is 21.2. The van der Waals surface area contributed by atoms with Crippen LogP contribution in [-0.4, -0.2) is 22.7 Å². The minimum absolute atomic E-state index is 0.409. The SMILES string of the molecule is CCCCCCCCCc1cnc(-c2ccc(OCCC(F)CCC(C)CCC)cc2)nc1. The van der Waals surface area contributed by atoms with Crippen LogP contribution in [0.1, 0.15) is 103 Å². The molecule has 2 atom stereocenters. The van der Waals surface area contributed by atoms with E-state index < -0.39 is 6.17 Å². The van der Waals surface area contributed by atoms with Gasteiger partial charge in [-0.25, -0.2) is 14.4 Å². The van der Waals surface area contributed by atoms with Crippen molar-refractivity contribution in [1.82, 2.24) is 9.97 Å². The van der Waals surface area contributed by atoms with Crippen LogP contribution in [0.25, 0.3) is 11.4 Å². The number of unbranched alkanes of at least 4 members (excludes halogenated alkanes) is 6. The molecule has 0 saturated heterocycles. The maximum atomic E-state index is 14.1. The molecule has 0 fully saturated rings. The highest BCUT2D eigenvalue weighted by Crippen LogP contribution is 2.21. The van der Waals surface area contributed by atoms with E-state index in [1.165, 1.54) is 63.4 Å². The van der Waals surface area contributed by atoms with Gasteiger partial charge in [-0.05, 0) is 61.4 Å². The Kier molecular flexibility index (Phi) is 13.7. The topological polar surface area (TPSA) is 35.0 Å². The molecule has 0 amide bonds. The van der Waals surface area contributed by atoms with E-state index in [4.69, 9.17) is 4.74 Å². The summed E-state index contributed by atoms with van der Waals surface area (Å²) in [5.41, 5.74) is 2.18. The summed E-state index contributed by atoms with van der Waals surface area (Å²) in [4.78, 5) is 9.10. The summed E-state index contributed by atoms with van der Waals surface area (Å²) < 4.78 is 19.8. The van der Waals surface area contributed by atoms with Crippen molar-refractivity contribution in [3.8, 4) is 17.1 Å². The Labute approximate surface area is 201 Å². The molecular formula is C29H45FN2O. The number of benzene rings is 1. The summed E-state index contributed by atoms with van der Waals surface area (Å²) in [6.07, 6.45) is 17.8. The first-order valence-corrected chi connectivity index (χ1v) is 13.3. The summed E-state index contributed by atoms with van der Waals surface area (Å²) in [5, 5.41) is 0. The fourth-order valence-electron chi connectivity index (χ4n) is 4.17. The Bertz CT molecular complexity index is 732. The zero-order valence-electron chi connectivity index (χ0n) is 21.2. The average molecular weight is 457 g/mol. The molecule has 2 aromatic rings. The highest BCUT2D eigenvalue weighted by molar-refractivity contribution is 5.55. The van der Waals surface area contributed by atoms with E-state index in [1.54, 1.807) is 0 Å². The van der Waals surface area contributed by atoms with Crippen LogP contribution >= 0.6 is 0 Å². The van der Waals surface area contributed by atoms with Gasteiger partial charge in [0.2, 0.25) is 0 Å². The van der Waals surface area contributed by atoms with E-state index >= 15 is 0 Å². The standard InChI is InChI=1S/C29H45FN2O/c1-4-6-7-8-9-10-11-13-25-22-31-29(32-23-25)26-15-18-28(19-16-26)33-21-20-27(30)17-14-24(3)12-5-2/h15-16,18-19,22-24,27H,4-14,17,20-21H2,1-3H3. The largest absolute Gasteiger partial charge is 0.493 e. The number of alkyl halides is 1. The van der Waals surface area contributed by atoms with Crippen molar-refractivity contribution in [2.24, 2.45) is 5.92 Å². The first-order chi connectivity index (χ1) is 16.1. The van der Waals surface area contributed by atoms with Crippen LogP contribution in [0.15, 0.2) is 36.7 Å². The molecule has 0 bridgehead atoms. The molecule has 1 heterocycles. The first kappa shape index (κ1) is 27.3. The smallest absolute Gasteiger partial charge is 0.159 e. The Balaban J connectivity index is 1.67. The Morgan fingerprint density at radius 1 is 0.788 bits per heavy atom. The van der Waals surface area contributed by atoms with Crippen LogP contribution in [0.4, 0.5) is 4.39 Å². The number of nitrogens with zero attached hydrogens (tertiary/aromatic N) is 2. The molecule has 1 aromatic carbocycles. The van der Waals surface area contributed by atoms with E-state index in [1.807, 2.05) is 36.7 Å². The van der Waals surface area contributed by atoms with E-state index in [2.05, 4.69) is 30.7 Å². The van der Waals surface area contributed by atoms with Crippen LogP contribution in [-0.2, 0) is 6.42 Å². The van der Waals surface area contributed by atoms with Gasteiger partial charge in [0.25, 0.3) is 0 Å².